The molecule has 5 aromatic carbocycles. The zero-order valence-electron chi connectivity index (χ0n) is 35.9. The molecule has 1 aliphatic rings. The van der Waals surface area contributed by atoms with Gasteiger partial charge in [-0.2, -0.15) is 0 Å². The normalized spacial score (nSPS) is 12.8. The van der Waals surface area contributed by atoms with Crippen molar-refractivity contribution < 1.29 is 30.8 Å². The fourth-order valence-corrected chi connectivity index (χ4v) is 7.84. The van der Waals surface area contributed by atoms with Crippen LogP contribution >= 0.6 is 0 Å². The van der Waals surface area contributed by atoms with Crippen molar-refractivity contribution >= 4 is 23.7 Å². The number of phenolic OH excluding ortho intramolecular Hbond substituents is 1. The number of phenols is 1. The summed E-state index contributed by atoms with van der Waals surface area (Å²) in [6.45, 7) is 19.0. The molecule has 0 aliphatic carbocycles. The fraction of sp³-hybridized carbons (Fsp3) is 0.226. The molecule has 1 N–H and O–H groups in total. The summed E-state index contributed by atoms with van der Waals surface area (Å²) in [7, 11) is 0. The van der Waals surface area contributed by atoms with Gasteiger partial charge in [-0.1, -0.05) is 164 Å². The summed E-state index contributed by atoms with van der Waals surface area (Å²) in [6, 6.07) is 45.4. The van der Waals surface area contributed by atoms with E-state index in [0.29, 0.717) is 11.2 Å². The van der Waals surface area contributed by atoms with E-state index in [2.05, 4.69) is 147 Å². The van der Waals surface area contributed by atoms with E-state index >= 15 is 0 Å². The number of benzene rings is 5. The van der Waals surface area contributed by atoms with Crippen LogP contribution in [0.15, 0.2) is 145 Å². The average Bonchev–Trinajstić information content (AvgIpc) is 3.58. The average molecular weight is 968 g/mol. The van der Waals surface area contributed by atoms with Crippen LogP contribution in [0.1, 0.15) is 84.6 Å². The van der Waals surface area contributed by atoms with Gasteiger partial charge in [-0.15, -0.1) is 23.8 Å². The predicted octanol–water partition coefficient (Wildman–Crippen LogP) is 12.5. The van der Waals surface area contributed by atoms with E-state index in [1.165, 1.54) is 0 Å². The predicted molar refractivity (Wildman–Crippen MR) is 245 cm³/mol. The number of aromatic hydroxyl groups is 1. The molecule has 7 aromatic rings. The van der Waals surface area contributed by atoms with Gasteiger partial charge in [0.25, 0.3) is 0 Å². The van der Waals surface area contributed by atoms with Crippen LogP contribution in [-0.2, 0) is 37.3 Å². The number of pyridine rings is 2. The molecule has 0 saturated carbocycles. The summed E-state index contributed by atoms with van der Waals surface area (Å²) in [5.74, 6) is 0.971. The summed E-state index contributed by atoms with van der Waals surface area (Å²) in [6.07, 6.45) is 5.54. The Bertz CT molecular complexity index is 2700. The van der Waals surface area contributed by atoms with Gasteiger partial charge < -0.3 is 9.76 Å². The number of aliphatic imine (C=N–C) groups is 1. The maximum Gasteiger partial charge on any atom is 0.449 e. The molecule has 60 heavy (non-hydrogen) atoms. The van der Waals surface area contributed by atoms with E-state index in [9.17, 15) is 5.11 Å². The third-order valence-corrected chi connectivity index (χ3v) is 11.1. The monoisotopic (exact) mass is 967 g/mol. The SMILES string of the molecule is CC(C)(C)c1cc(C2=Nc3c(cncc3-c3[c-]c(-c4ccccn4)c(-c4ccccc4)cc3)B2Oc2ccc(-c3ccccc3)cc2C(C)(C)C)c(O)c(C(C)(C)C)c1.[Pt]. The van der Waals surface area contributed by atoms with Crippen LogP contribution < -0.4 is 10.1 Å². The van der Waals surface area contributed by atoms with Gasteiger partial charge in [0.2, 0.25) is 0 Å². The molecule has 0 atom stereocenters. The molecule has 1 aliphatic heterocycles. The molecule has 0 amide bonds. The molecule has 3 heterocycles. The van der Waals surface area contributed by atoms with E-state index < -0.39 is 6.92 Å². The molecule has 5 nitrogen and oxygen atoms in total. The topological polar surface area (TPSA) is 67.6 Å². The van der Waals surface area contributed by atoms with Gasteiger partial charge in [0.15, 0.2) is 0 Å². The molecule has 0 bridgehead atoms. The molecule has 7 heteroatoms. The van der Waals surface area contributed by atoms with Crippen molar-refractivity contribution in [2.45, 2.75) is 78.6 Å². The Kier molecular flexibility index (Phi) is 11.7. The van der Waals surface area contributed by atoms with E-state index in [4.69, 9.17) is 19.6 Å². The van der Waals surface area contributed by atoms with Crippen LogP contribution in [0.2, 0.25) is 0 Å². The van der Waals surface area contributed by atoms with E-state index in [1.807, 2.05) is 61.1 Å². The summed E-state index contributed by atoms with van der Waals surface area (Å²) < 4.78 is 7.28. The molecule has 2 aromatic heterocycles. The summed E-state index contributed by atoms with van der Waals surface area (Å²) in [5, 5.41) is 12.3. The Morgan fingerprint density at radius 3 is 1.90 bits per heavy atom. The van der Waals surface area contributed by atoms with Crippen molar-refractivity contribution in [3.63, 3.8) is 0 Å². The van der Waals surface area contributed by atoms with E-state index in [0.717, 1.165) is 78.2 Å². The second-order valence-corrected chi connectivity index (χ2v) is 18.6. The Labute approximate surface area is 370 Å². The number of rotatable bonds is 7. The molecule has 0 saturated heterocycles. The van der Waals surface area contributed by atoms with Crippen LogP contribution in [0.25, 0.3) is 44.6 Å². The number of hydrogen-bond donors (Lipinski definition) is 1. The molecule has 0 fully saturated rings. The van der Waals surface area contributed by atoms with Crippen LogP contribution in [-0.4, -0.2) is 27.6 Å². The first-order valence-corrected chi connectivity index (χ1v) is 20.4. The van der Waals surface area contributed by atoms with Gasteiger partial charge >= 0.3 is 6.92 Å². The van der Waals surface area contributed by atoms with Crippen molar-refractivity contribution in [1.29, 1.82) is 0 Å². The number of fused-ring (bicyclic) bond motifs is 1. The number of hydrogen-bond acceptors (Lipinski definition) is 5. The van der Waals surface area contributed by atoms with Crippen LogP contribution in [0.3, 0.4) is 0 Å². The van der Waals surface area contributed by atoms with Crippen molar-refractivity contribution in [3.05, 3.63) is 168 Å². The number of aromatic nitrogens is 2. The Balaban J connectivity index is 0.00000544. The van der Waals surface area contributed by atoms with E-state index in [1.54, 1.807) is 0 Å². The molecule has 0 spiro atoms. The minimum atomic E-state index is -0.672. The molecule has 8 rings (SSSR count). The Hall–Kier alpha value is -5.58. The van der Waals surface area contributed by atoms with Crippen molar-refractivity contribution in [3.8, 4) is 56.1 Å². The summed E-state index contributed by atoms with van der Waals surface area (Å²) >= 11 is 0. The third kappa shape index (κ3) is 8.41. The van der Waals surface area contributed by atoms with Crippen LogP contribution in [0, 0.1) is 6.07 Å². The number of nitrogens with zero attached hydrogens (tertiary/aromatic N) is 3. The largest absolute Gasteiger partial charge is 0.550 e. The maximum absolute atomic E-state index is 12.3. The van der Waals surface area contributed by atoms with Crippen molar-refractivity contribution in [2.75, 3.05) is 0 Å². The van der Waals surface area contributed by atoms with Gasteiger partial charge in [-0.05, 0) is 68.3 Å². The first-order valence-electron chi connectivity index (χ1n) is 20.4. The second kappa shape index (κ2) is 16.5. The van der Waals surface area contributed by atoms with Gasteiger partial charge in [0.1, 0.15) is 11.5 Å². The van der Waals surface area contributed by atoms with E-state index in [-0.39, 0.29) is 43.1 Å². The molecule has 0 unspecified atom stereocenters. The summed E-state index contributed by atoms with van der Waals surface area (Å²) in [5.41, 5.74) is 12.9. The zero-order valence-corrected chi connectivity index (χ0v) is 38.1. The van der Waals surface area contributed by atoms with Crippen LogP contribution in [0.5, 0.6) is 11.5 Å². The van der Waals surface area contributed by atoms with Gasteiger partial charge in [0.05, 0.1) is 5.61 Å². The first kappa shape index (κ1) is 42.5. The standard InChI is InChI=1S/C53H51BN3O2.Pt/c1-51(2,3)38-30-41(49(58)44(31-38)53(7,8)9)50-54(59-47-26-24-36(29-43(47)52(4,5)6)34-18-12-10-13-19-34)45-33-55-32-42(48(45)57-50)37-23-25-39(35-20-14-11-15-21-35)40(28-37)46-22-16-17-27-56-46;/h10-27,29-33,58H,1-9H3;/q-1;. The fourth-order valence-electron chi connectivity index (χ4n) is 7.84. The Morgan fingerprint density at radius 1 is 0.600 bits per heavy atom. The molecular formula is C53H51BN3O2Pt-. The van der Waals surface area contributed by atoms with Gasteiger partial charge in [0, 0.05) is 67.6 Å². The minimum absolute atomic E-state index is 0. The maximum atomic E-state index is 12.3. The zero-order chi connectivity index (χ0) is 41.7. The third-order valence-electron chi connectivity index (χ3n) is 11.1. The Morgan fingerprint density at radius 2 is 1.27 bits per heavy atom. The summed E-state index contributed by atoms with van der Waals surface area (Å²) in [4.78, 5) is 15.1. The first-order chi connectivity index (χ1) is 28.1. The second-order valence-electron chi connectivity index (χ2n) is 18.6. The molecule has 304 valence electrons. The minimum Gasteiger partial charge on any atom is -0.550 e. The quantitative estimate of drug-likeness (QED) is 0.128. The van der Waals surface area contributed by atoms with Crippen molar-refractivity contribution in [2.24, 2.45) is 4.99 Å². The molecular weight excluding hydrogens is 916 g/mol. The van der Waals surface area contributed by atoms with Crippen LogP contribution in [0.4, 0.5) is 5.69 Å². The van der Waals surface area contributed by atoms with Crippen molar-refractivity contribution in [1.82, 2.24) is 9.97 Å². The molecule has 0 radical (unpaired) electrons. The van der Waals surface area contributed by atoms with Gasteiger partial charge in [-0.3, -0.25) is 15.0 Å². The van der Waals surface area contributed by atoms with Gasteiger partial charge in [-0.25, -0.2) is 0 Å². The smallest absolute Gasteiger partial charge is 0.449 e.